The minimum atomic E-state index is -0.461. The Bertz CT molecular complexity index is 349. The first-order valence-corrected chi connectivity index (χ1v) is 7.86. The Hall–Kier alpha value is -1.10. The van der Waals surface area contributed by atoms with Crippen molar-refractivity contribution in [3.05, 3.63) is 0 Å². The molecule has 5 nitrogen and oxygen atoms in total. The Kier molecular flexibility index (Phi) is 5.40. The number of hydrogen-bond donors (Lipinski definition) is 2. The molecule has 2 saturated carbocycles. The molecule has 0 saturated heterocycles. The number of hydrogen-bond acceptors (Lipinski definition) is 3. The van der Waals surface area contributed by atoms with E-state index in [4.69, 9.17) is 5.73 Å². The predicted molar refractivity (Wildman–Crippen MR) is 78.0 cm³/mol. The fraction of sp³-hybridized carbons (Fsp3) is 0.867. The van der Waals surface area contributed by atoms with E-state index in [9.17, 15) is 9.59 Å². The average Bonchev–Trinajstić information content (AvgIpc) is 3.22. The number of nitrogens with one attached hydrogen (secondary N) is 1. The van der Waals surface area contributed by atoms with Crippen LogP contribution in [-0.2, 0) is 9.59 Å². The van der Waals surface area contributed by atoms with Crippen molar-refractivity contribution in [3.63, 3.8) is 0 Å². The van der Waals surface area contributed by atoms with E-state index in [1.165, 1.54) is 37.0 Å². The summed E-state index contributed by atoms with van der Waals surface area (Å²) in [6, 6.07) is -0.126. The molecule has 1 atom stereocenters. The Balaban J connectivity index is 1.71. The lowest BCUT2D eigenvalue weighted by molar-refractivity contribution is -0.136. The summed E-state index contributed by atoms with van der Waals surface area (Å²) in [6.45, 7) is 0.119. The number of rotatable bonds is 6. The second kappa shape index (κ2) is 7.07. The van der Waals surface area contributed by atoms with Crippen LogP contribution in [0.1, 0.15) is 51.4 Å². The largest absolute Gasteiger partial charge is 0.352 e. The summed E-state index contributed by atoms with van der Waals surface area (Å²) in [6.07, 6.45) is 9.07. The summed E-state index contributed by atoms with van der Waals surface area (Å²) in [5.74, 6) is 0.395. The average molecular weight is 281 g/mol. The number of amides is 2. The Labute approximate surface area is 121 Å². The summed E-state index contributed by atoms with van der Waals surface area (Å²) in [5.41, 5.74) is 6.02. The fourth-order valence-corrected chi connectivity index (χ4v) is 2.96. The highest BCUT2D eigenvalue weighted by atomic mass is 16.2. The third kappa shape index (κ3) is 4.78. The molecule has 0 spiro atoms. The van der Waals surface area contributed by atoms with E-state index in [1.807, 2.05) is 0 Å². The van der Waals surface area contributed by atoms with Crippen molar-refractivity contribution in [1.29, 1.82) is 0 Å². The van der Waals surface area contributed by atoms with E-state index >= 15 is 0 Å². The van der Waals surface area contributed by atoms with Gasteiger partial charge in [-0.25, -0.2) is 0 Å². The van der Waals surface area contributed by atoms with Crippen LogP contribution in [0.2, 0.25) is 0 Å². The van der Waals surface area contributed by atoms with E-state index in [0.717, 1.165) is 19.3 Å². The zero-order valence-corrected chi connectivity index (χ0v) is 12.4. The third-order valence-corrected chi connectivity index (χ3v) is 4.33. The Morgan fingerprint density at radius 1 is 1.20 bits per heavy atom. The highest BCUT2D eigenvalue weighted by Crippen LogP contribution is 2.27. The quantitative estimate of drug-likeness (QED) is 0.763. The molecule has 2 amide bonds. The van der Waals surface area contributed by atoms with Crippen LogP contribution in [0.15, 0.2) is 0 Å². The molecule has 0 aromatic carbocycles. The van der Waals surface area contributed by atoms with Crippen LogP contribution in [0.4, 0.5) is 0 Å². The van der Waals surface area contributed by atoms with E-state index in [0.29, 0.717) is 12.0 Å². The molecule has 0 aromatic rings. The maximum Gasteiger partial charge on any atom is 0.239 e. The minimum Gasteiger partial charge on any atom is -0.352 e. The molecule has 3 N–H and O–H groups in total. The monoisotopic (exact) mass is 281 g/mol. The highest BCUT2D eigenvalue weighted by molar-refractivity contribution is 5.87. The maximum absolute atomic E-state index is 12.2. The molecular formula is C15H27N3O2. The lowest BCUT2D eigenvalue weighted by Crippen LogP contribution is -2.47. The predicted octanol–water partition coefficient (Wildman–Crippen LogP) is 1.02. The van der Waals surface area contributed by atoms with Crippen LogP contribution in [0.5, 0.6) is 0 Å². The number of carbonyl (C=O) groups excluding carboxylic acids is 2. The summed E-state index contributed by atoms with van der Waals surface area (Å²) in [7, 11) is 1.66. The van der Waals surface area contributed by atoms with Gasteiger partial charge in [-0.2, -0.15) is 0 Å². The van der Waals surface area contributed by atoms with Gasteiger partial charge in [0.1, 0.15) is 0 Å². The molecule has 0 heterocycles. The first-order chi connectivity index (χ1) is 9.56. The van der Waals surface area contributed by atoms with E-state index in [-0.39, 0.29) is 18.4 Å². The van der Waals surface area contributed by atoms with Gasteiger partial charge in [0.15, 0.2) is 0 Å². The van der Waals surface area contributed by atoms with Gasteiger partial charge in [-0.3, -0.25) is 9.59 Å². The van der Waals surface area contributed by atoms with E-state index in [2.05, 4.69) is 5.32 Å². The first-order valence-electron chi connectivity index (χ1n) is 7.86. The first kappa shape index (κ1) is 15.3. The van der Waals surface area contributed by atoms with Crippen molar-refractivity contribution in [2.24, 2.45) is 11.7 Å². The van der Waals surface area contributed by atoms with Crippen LogP contribution in [0, 0.1) is 5.92 Å². The molecule has 114 valence electrons. The van der Waals surface area contributed by atoms with Crippen LogP contribution in [0.3, 0.4) is 0 Å². The van der Waals surface area contributed by atoms with Gasteiger partial charge in [-0.1, -0.05) is 32.1 Å². The number of carbonyl (C=O) groups is 2. The minimum absolute atomic E-state index is 0.0757. The second-order valence-electron chi connectivity index (χ2n) is 6.38. The molecule has 0 aromatic heterocycles. The van der Waals surface area contributed by atoms with Crippen LogP contribution < -0.4 is 11.1 Å². The number of nitrogens with two attached hydrogens (primary N) is 1. The van der Waals surface area contributed by atoms with Crippen molar-refractivity contribution < 1.29 is 9.59 Å². The molecule has 2 aliphatic carbocycles. The normalized spacial score (nSPS) is 21.3. The maximum atomic E-state index is 12.2. The third-order valence-electron chi connectivity index (χ3n) is 4.33. The molecule has 2 fully saturated rings. The standard InChI is InChI=1S/C15H27N3O2/c1-18(10-14(19)17-12-7-8-12)15(20)13(16)9-11-5-3-2-4-6-11/h11-13H,2-10,16H2,1H3,(H,17,19). The molecule has 1 unspecified atom stereocenters. The van der Waals surface area contributed by atoms with Gasteiger partial charge in [0, 0.05) is 13.1 Å². The van der Waals surface area contributed by atoms with Gasteiger partial charge in [0.25, 0.3) is 0 Å². The van der Waals surface area contributed by atoms with Crippen LogP contribution >= 0.6 is 0 Å². The van der Waals surface area contributed by atoms with Gasteiger partial charge >= 0.3 is 0 Å². The lowest BCUT2D eigenvalue weighted by atomic mass is 9.85. The van der Waals surface area contributed by atoms with Gasteiger partial charge in [0.05, 0.1) is 12.6 Å². The molecule has 0 bridgehead atoms. The van der Waals surface area contributed by atoms with Crippen molar-refractivity contribution in [3.8, 4) is 0 Å². The summed E-state index contributed by atoms with van der Waals surface area (Å²) < 4.78 is 0. The zero-order valence-electron chi connectivity index (χ0n) is 12.4. The summed E-state index contributed by atoms with van der Waals surface area (Å²) >= 11 is 0. The molecule has 0 radical (unpaired) electrons. The van der Waals surface area contributed by atoms with Gasteiger partial charge in [-0.15, -0.1) is 0 Å². The van der Waals surface area contributed by atoms with E-state index in [1.54, 1.807) is 7.05 Å². The summed E-state index contributed by atoms with van der Waals surface area (Å²) in [4.78, 5) is 25.3. The molecule has 2 rings (SSSR count). The Morgan fingerprint density at radius 2 is 1.85 bits per heavy atom. The van der Waals surface area contributed by atoms with Crippen LogP contribution in [0.25, 0.3) is 0 Å². The topological polar surface area (TPSA) is 75.4 Å². The van der Waals surface area contributed by atoms with E-state index < -0.39 is 6.04 Å². The van der Waals surface area contributed by atoms with Crippen molar-refractivity contribution in [1.82, 2.24) is 10.2 Å². The van der Waals surface area contributed by atoms with Crippen molar-refractivity contribution in [2.45, 2.75) is 63.5 Å². The highest BCUT2D eigenvalue weighted by Gasteiger charge is 2.27. The molecule has 5 heteroatoms. The molecule has 20 heavy (non-hydrogen) atoms. The van der Waals surface area contributed by atoms with Gasteiger partial charge in [-0.05, 0) is 25.2 Å². The SMILES string of the molecule is CN(CC(=O)NC1CC1)C(=O)C(N)CC1CCCCC1. The lowest BCUT2D eigenvalue weighted by Gasteiger charge is -2.26. The molecular weight excluding hydrogens is 254 g/mol. The van der Waals surface area contributed by atoms with Gasteiger partial charge in [0.2, 0.25) is 11.8 Å². The summed E-state index contributed by atoms with van der Waals surface area (Å²) in [5, 5.41) is 2.89. The second-order valence-corrected chi connectivity index (χ2v) is 6.38. The van der Waals surface area contributed by atoms with Crippen molar-refractivity contribution in [2.75, 3.05) is 13.6 Å². The molecule has 0 aliphatic heterocycles. The van der Waals surface area contributed by atoms with Crippen molar-refractivity contribution >= 4 is 11.8 Å². The number of nitrogens with zero attached hydrogens (tertiary/aromatic N) is 1. The zero-order chi connectivity index (χ0) is 14.5. The van der Waals surface area contributed by atoms with Crippen LogP contribution in [-0.4, -0.2) is 42.4 Å². The van der Waals surface area contributed by atoms with Gasteiger partial charge < -0.3 is 16.0 Å². The smallest absolute Gasteiger partial charge is 0.239 e. The molecule has 2 aliphatic rings. The number of likely N-dealkylation sites (N-methyl/N-ethyl adjacent to an activating group) is 1. The Morgan fingerprint density at radius 3 is 2.45 bits per heavy atom. The fourth-order valence-electron chi connectivity index (χ4n) is 2.96.